The molecule has 0 aliphatic rings. The summed E-state index contributed by atoms with van der Waals surface area (Å²) in [7, 11) is 0. The molecule has 0 radical (unpaired) electrons. The quantitative estimate of drug-likeness (QED) is 0.564. The van der Waals surface area contributed by atoms with Gasteiger partial charge in [0, 0.05) is 23.8 Å². The number of hydrogen-bond acceptors (Lipinski definition) is 3. The van der Waals surface area contributed by atoms with Crippen LogP contribution in [0.4, 0.5) is 10.5 Å². The Labute approximate surface area is 146 Å². The maximum Gasteiger partial charge on any atom is 0.339 e. The molecule has 6 nitrogen and oxygen atoms in total. The number of carbonyl (C=O) groups is 1. The van der Waals surface area contributed by atoms with Gasteiger partial charge < -0.3 is 9.88 Å². The minimum absolute atomic E-state index is 0.372. The van der Waals surface area contributed by atoms with Crippen molar-refractivity contribution in [2.24, 2.45) is 5.10 Å². The second kappa shape index (κ2) is 7.44. The van der Waals surface area contributed by atoms with Crippen molar-refractivity contribution in [3.63, 3.8) is 0 Å². The molecule has 1 heterocycles. The number of urea groups is 1. The van der Waals surface area contributed by atoms with E-state index >= 15 is 0 Å². The molecule has 1 aromatic heterocycles. The molecule has 3 aromatic rings. The predicted molar refractivity (Wildman–Crippen MR) is 99.1 cm³/mol. The molecule has 0 atom stereocenters. The van der Waals surface area contributed by atoms with Crippen molar-refractivity contribution >= 4 is 17.4 Å². The molecular weight excluding hydrogens is 314 g/mol. The lowest BCUT2D eigenvalue weighted by atomic mass is 10.1. The van der Waals surface area contributed by atoms with Crippen LogP contribution in [0.2, 0.25) is 0 Å². The van der Waals surface area contributed by atoms with Gasteiger partial charge >= 0.3 is 6.03 Å². The molecule has 2 N–H and O–H groups in total. The first kappa shape index (κ1) is 16.4. The van der Waals surface area contributed by atoms with Gasteiger partial charge in [-0.2, -0.15) is 5.10 Å². The molecule has 2 amide bonds. The number of rotatable bonds is 4. The number of para-hydroxylation sites is 1. The summed E-state index contributed by atoms with van der Waals surface area (Å²) in [5.41, 5.74) is 6.94. The topological polar surface area (TPSA) is 71.3 Å². The minimum Gasteiger partial charge on any atom is -0.306 e. The molecule has 0 bridgehead atoms. The minimum atomic E-state index is -0.372. The number of nitrogens with zero attached hydrogens (tertiary/aromatic N) is 3. The van der Waals surface area contributed by atoms with Crippen LogP contribution in [-0.2, 0) is 0 Å². The van der Waals surface area contributed by atoms with Crippen molar-refractivity contribution in [3.05, 3.63) is 78.4 Å². The van der Waals surface area contributed by atoms with E-state index in [2.05, 4.69) is 20.8 Å². The molecule has 0 aliphatic carbocycles. The van der Waals surface area contributed by atoms with E-state index in [0.717, 1.165) is 28.2 Å². The summed E-state index contributed by atoms with van der Waals surface area (Å²) < 4.78 is 1.92. The van der Waals surface area contributed by atoms with Gasteiger partial charge in [0.25, 0.3) is 0 Å². The van der Waals surface area contributed by atoms with Gasteiger partial charge in [-0.05, 0) is 43.2 Å². The highest BCUT2D eigenvalue weighted by atomic mass is 16.2. The van der Waals surface area contributed by atoms with E-state index in [1.54, 1.807) is 12.5 Å². The highest BCUT2D eigenvalue weighted by Gasteiger charge is 2.04. The summed E-state index contributed by atoms with van der Waals surface area (Å²) >= 11 is 0. The van der Waals surface area contributed by atoms with Crippen LogP contribution in [0, 0.1) is 6.92 Å². The Hall–Kier alpha value is -3.41. The molecule has 25 heavy (non-hydrogen) atoms. The van der Waals surface area contributed by atoms with Gasteiger partial charge in [0.2, 0.25) is 0 Å². The van der Waals surface area contributed by atoms with Crippen molar-refractivity contribution in [1.82, 2.24) is 15.0 Å². The van der Waals surface area contributed by atoms with E-state index in [9.17, 15) is 4.79 Å². The highest BCUT2D eigenvalue weighted by molar-refractivity contribution is 6.00. The lowest BCUT2D eigenvalue weighted by Gasteiger charge is -2.08. The van der Waals surface area contributed by atoms with Gasteiger partial charge in [0.05, 0.1) is 12.0 Å². The Morgan fingerprint density at radius 2 is 1.88 bits per heavy atom. The first-order valence-electron chi connectivity index (χ1n) is 7.89. The number of amides is 2. The lowest BCUT2D eigenvalue weighted by Crippen LogP contribution is -2.25. The van der Waals surface area contributed by atoms with E-state index in [-0.39, 0.29) is 6.03 Å². The largest absolute Gasteiger partial charge is 0.339 e. The van der Waals surface area contributed by atoms with E-state index in [0.29, 0.717) is 0 Å². The van der Waals surface area contributed by atoms with Gasteiger partial charge in [-0.25, -0.2) is 15.2 Å². The predicted octanol–water partition coefficient (Wildman–Crippen LogP) is 3.73. The highest BCUT2D eigenvalue weighted by Crippen LogP contribution is 2.13. The van der Waals surface area contributed by atoms with E-state index in [1.807, 2.05) is 73.1 Å². The lowest BCUT2D eigenvalue weighted by molar-refractivity contribution is 0.252. The first-order chi connectivity index (χ1) is 12.1. The molecule has 0 unspecified atom stereocenters. The summed E-state index contributed by atoms with van der Waals surface area (Å²) in [5, 5.41) is 6.93. The third kappa shape index (κ3) is 4.11. The van der Waals surface area contributed by atoms with Crippen LogP contribution in [0.15, 0.2) is 72.4 Å². The van der Waals surface area contributed by atoms with Gasteiger partial charge in [-0.3, -0.25) is 0 Å². The summed E-state index contributed by atoms with van der Waals surface area (Å²) in [6.07, 6.45) is 5.36. The Balaban J connectivity index is 1.63. The number of hydrogen-bond donors (Lipinski definition) is 2. The standard InChI is InChI=1S/C19H19N5O/c1-14-5-3-4-6-18(14)21-19(25)23-22-15(2)16-7-9-17(10-8-16)24-12-11-20-13-24/h3-13H,1-2H3,(H2,21,23,25). The average molecular weight is 333 g/mol. The van der Waals surface area contributed by atoms with E-state index in [1.165, 1.54) is 0 Å². The molecule has 0 saturated carbocycles. The molecule has 0 spiro atoms. The maximum absolute atomic E-state index is 12.0. The summed E-state index contributed by atoms with van der Waals surface area (Å²) in [6, 6.07) is 15.1. The van der Waals surface area contributed by atoms with Gasteiger partial charge in [0.1, 0.15) is 0 Å². The fourth-order valence-corrected chi connectivity index (χ4v) is 2.35. The van der Waals surface area contributed by atoms with Crippen molar-refractivity contribution in [3.8, 4) is 5.69 Å². The zero-order chi connectivity index (χ0) is 17.6. The van der Waals surface area contributed by atoms with Crippen LogP contribution in [0.25, 0.3) is 5.69 Å². The van der Waals surface area contributed by atoms with Crippen LogP contribution < -0.4 is 10.7 Å². The van der Waals surface area contributed by atoms with Crippen LogP contribution in [0.5, 0.6) is 0 Å². The van der Waals surface area contributed by atoms with Crippen LogP contribution in [0.1, 0.15) is 18.1 Å². The van der Waals surface area contributed by atoms with Crippen molar-refractivity contribution < 1.29 is 4.79 Å². The van der Waals surface area contributed by atoms with Crippen LogP contribution in [-0.4, -0.2) is 21.3 Å². The van der Waals surface area contributed by atoms with E-state index in [4.69, 9.17) is 0 Å². The summed E-state index contributed by atoms with van der Waals surface area (Å²) in [5.74, 6) is 0. The number of aryl methyl sites for hydroxylation is 1. The van der Waals surface area contributed by atoms with Gasteiger partial charge in [-0.1, -0.05) is 30.3 Å². The summed E-state index contributed by atoms with van der Waals surface area (Å²) in [6.45, 7) is 3.78. The van der Waals surface area contributed by atoms with Crippen molar-refractivity contribution in [2.45, 2.75) is 13.8 Å². The smallest absolute Gasteiger partial charge is 0.306 e. The third-order valence-electron chi connectivity index (χ3n) is 3.81. The molecule has 3 rings (SSSR count). The van der Waals surface area contributed by atoms with Crippen LogP contribution >= 0.6 is 0 Å². The Kier molecular flexibility index (Phi) is 4.89. The molecule has 2 aromatic carbocycles. The second-order valence-corrected chi connectivity index (χ2v) is 5.59. The molecule has 0 fully saturated rings. The number of hydrazone groups is 1. The number of imidazole rings is 1. The maximum atomic E-state index is 12.0. The molecule has 0 aliphatic heterocycles. The molecule has 6 heteroatoms. The second-order valence-electron chi connectivity index (χ2n) is 5.59. The zero-order valence-electron chi connectivity index (χ0n) is 14.1. The molecule has 0 saturated heterocycles. The fourth-order valence-electron chi connectivity index (χ4n) is 2.35. The number of aromatic nitrogens is 2. The van der Waals surface area contributed by atoms with Gasteiger partial charge in [-0.15, -0.1) is 0 Å². The molecule has 126 valence electrons. The molecular formula is C19H19N5O. The summed E-state index contributed by atoms with van der Waals surface area (Å²) in [4.78, 5) is 16.0. The van der Waals surface area contributed by atoms with E-state index < -0.39 is 0 Å². The van der Waals surface area contributed by atoms with Crippen molar-refractivity contribution in [1.29, 1.82) is 0 Å². The Morgan fingerprint density at radius 1 is 1.12 bits per heavy atom. The SMILES string of the molecule is CC(=NNC(=O)Nc1ccccc1C)c1ccc(-n2ccnc2)cc1. The number of carbonyl (C=O) groups excluding carboxylic acids is 1. The monoisotopic (exact) mass is 333 g/mol. The normalized spacial score (nSPS) is 11.2. The van der Waals surface area contributed by atoms with Crippen molar-refractivity contribution in [2.75, 3.05) is 5.32 Å². The zero-order valence-corrected chi connectivity index (χ0v) is 14.1. The Morgan fingerprint density at radius 3 is 2.56 bits per heavy atom. The van der Waals surface area contributed by atoms with Crippen LogP contribution in [0.3, 0.4) is 0 Å². The first-order valence-corrected chi connectivity index (χ1v) is 7.89. The van der Waals surface area contributed by atoms with Gasteiger partial charge in [0.15, 0.2) is 0 Å². The number of anilines is 1. The third-order valence-corrected chi connectivity index (χ3v) is 3.81. The fraction of sp³-hybridized carbons (Fsp3) is 0.105. The Bertz CT molecular complexity index is 882. The average Bonchev–Trinajstić information content (AvgIpc) is 3.16. The number of benzene rings is 2. The number of nitrogens with one attached hydrogen (secondary N) is 2.